The molecule has 1 aliphatic heterocycles. The van der Waals surface area contributed by atoms with Gasteiger partial charge >= 0.3 is 0 Å². The molecule has 4 nitrogen and oxygen atoms in total. The van der Waals surface area contributed by atoms with Crippen LogP contribution in [0.4, 0.5) is 5.69 Å². The molecule has 1 aromatic rings. The van der Waals surface area contributed by atoms with E-state index in [9.17, 15) is 4.79 Å². The summed E-state index contributed by atoms with van der Waals surface area (Å²) < 4.78 is 5.46. The van der Waals surface area contributed by atoms with Gasteiger partial charge in [-0.1, -0.05) is 6.07 Å². The van der Waals surface area contributed by atoms with E-state index in [1.165, 1.54) is 0 Å². The smallest absolute Gasteiger partial charge is 0.248 e. The Morgan fingerprint density at radius 1 is 1.56 bits per heavy atom. The predicted molar refractivity (Wildman–Crippen MR) is 62.4 cm³/mol. The molecule has 0 aliphatic carbocycles. The molecule has 0 spiro atoms. The van der Waals surface area contributed by atoms with Crippen molar-refractivity contribution in [2.45, 2.75) is 25.5 Å². The van der Waals surface area contributed by atoms with Crippen molar-refractivity contribution < 1.29 is 9.53 Å². The van der Waals surface area contributed by atoms with Gasteiger partial charge in [-0.2, -0.15) is 0 Å². The van der Waals surface area contributed by atoms with Gasteiger partial charge in [-0.05, 0) is 31.5 Å². The Hall–Kier alpha value is -1.55. The fourth-order valence-corrected chi connectivity index (χ4v) is 1.90. The van der Waals surface area contributed by atoms with E-state index < -0.39 is 5.91 Å². The maximum absolute atomic E-state index is 11.0. The van der Waals surface area contributed by atoms with E-state index in [0.29, 0.717) is 11.6 Å². The zero-order valence-electron chi connectivity index (χ0n) is 9.27. The van der Waals surface area contributed by atoms with Crippen LogP contribution in [0.15, 0.2) is 24.3 Å². The molecule has 0 radical (unpaired) electrons. The van der Waals surface area contributed by atoms with Crippen LogP contribution in [0.2, 0.25) is 0 Å². The van der Waals surface area contributed by atoms with E-state index in [1.807, 2.05) is 19.1 Å². The number of nitrogens with one attached hydrogen (secondary N) is 1. The molecule has 2 atom stereocenters. The number of rotatable bonds is 3. The van der Waals surface area contributed by atoms with Gasteiger partial charge in [-0.15, -0.1) is 0 Å². The fourth-order valence-electron chi connectivity index (χ4n) is 1.90. The minimum atomic E-state index is -0.403. The number of carbonyl (C=O) groups is 1. The second kappa shape index (κ2) is 4.53. The molecule has 2 rings (SSSR count). The minimum absolute atomic E-state index is 0.206. The summed E-state index contributed by atoms with van der Waals surface area (Å²) in [4.78, 5) is 11.0. The van der Waals surface area contributed by atoms with E-state index >= 15 is 0 Å². The van der Waals surface area contributed by atoms with Gasteiger partial charge in [0.05, 0.1) is 12.1 Å². The number of hydrogen-bond donors (Lipinski definition) is 2. The molecule has 0 bridgehead atoms. The van der Waals surface area contributed by atoms with Crippen molar-refractivity contribution in [2.75, 3.05) is 11.9 Å². The molecule has 2 unspecified atom stereocenters. The Morgan fingerprint density at radius 2 is 2.38 bits per heavy atom. The molecule has 1 aliphatic rings. The third-order valence-electron chi connectivity index (χ3n) is 2.88. The summed E-state index contributed by atoms with van der Waals surface area (Å²) in [5.41, 5.74) is 6.67. The fraction of sp³-hybridized carbons (Fsp3) is 0.417. The molecule has 86 valence electrons. The third-order valence-corrected chi connectivity index (χ3v) is 2.88. The summed E-state index contributed by atoms with van der Waals surface area (Å²) in [5.74, 6) is -0.403. The highest BCUT2D eigenvalue weighted by Crippen LogP contribution is 2.19. The van der Waals surface area contributed by atoms with Crippen LogP contribution >= 0.6 is 0 Å². The molecule has 0 saturated carbocycles. The summed E-state index contributed by atoms with van der Waals surface area (Å²) in [6.07, 6.45) is 1.19. The van der Waals surface area contributed by atoms with Crippen molar-refractivity contribution in [3.05, 3.63) is 29.8 Å². The van der Waals surface area contributed by atoms with Crippen molar-refractivity contribution in [2.24, 2.45) is 5.73 Å². The van der Waals surface area contributed by atoms with Gasteiger partial charge in [0.15, 0.2) is 0 Å². The highest BCUT2D eigenvalue weighted by atomic mass is 16.5. The van der Waals surface area contributed by atoms with E-state index in [-0.39, 0.29) is 6.10 Å². The maximum atomic E-state index is 11.0. The molecular formula is C12H16N2O2. The monoisotopic (exact) mass is 220 g/mol. The minimum Gasteiger partial charge on any atom is -0.380 e. The average molecular weight is 220 g/mol. The van der Waals surface area contributed by atoms with Crippen molar-refractivity contribution in [1.29, 1.82) is 0 Å². The second-order valence-electron chi connectivity index (χ2n) is 4.06. The van der Waals surface area contributed by atoms with E-state index in [2.05, 4.69) is 5.32 Å². The Labute approximate surface area is 94.8 Å². The molecule has 1 saturated heterocycles. The largest absolute Gasteiger partial charge is 0.380 e. The number of benzene rings is 1. The van der Waals surface area contributed by atoms with Gasteiger partial charge in [0.25, 0.3) is 0 Å². The van der Waals surface area contributed by atoms with Crippen LogP contribution < -0.4 is 11.1 Å². The van der Waals surface area contributed by atoms with Crippen LogP contribution in [-0.4, -0.2) is 24.7 Å². The zero-order chi connectivity index (χ0) is 11.5. The molecule has 0 aromatic heterocycles. The van der Waals surface area contributed by atoms with Crippen molar-refractivity contribution in [3.8, 4) is 0 Å². The summed E-state index contributed by atoms with van der Waals surface area (Å²) in [6.45, 7) is 2.83. The quantitative estimate of drug-likeness (QED) is 0.808. The lowest BCUT2D eigenvalue weighted by atomic mass is 10.1. The zero-order valence-corrected chi connectivity index (χ0v) is 9.27. The topological polar surface area (TPSA) is 64.3 Å². The molecule has 1 aromatic carbocycles. The number of anilines is 1. The summed E-state index contributed by atoms with van der Waals surface area (Å²) in [6, 6.07) is 7.54. The van der Waals surface area contributed by atoms with Crippen LogP contribution in [0.3, 0.4) is 0 Å². The Morgan fingerprint density at radius 3 is 3.00 bits per heavy atom. The number of primary amides is 1. The molecule has 1 amide bonds. The second-order valence-corrected chi connectivity index (χ2v) is 4.06. The van der Waals surface area contributed by atoms with E-state index in [1.54, 1.807) is 12.1 Å². The first-order valence-corrected chi connectivity index (χ1v) is 5.45. The SMILES string of the molecule is CC1OCCC1Nc1cccc(C(N)=O)c1. The molecule has 3 N–H and O–H groups in total. The first kappa shape index (κ1) is 11.0. The highest BCUT2D eigenvalue weighted by Gasteiger charge is 2.23. The lowest BCUT2D eigenvalue weighted by Gasteiger charge is -2.17. The van der Waals surface area contributed by atoms with E-state index in [0.717, 1.165) is 18.7 Å². The summed E-state index contributed by atoms with van der Waals surface area (Å²) in [5, 5.41) is 3.35. The Balaban J connectivity index is 2.09. The summed E-state index contributed by atoms with van der Waals surface area (Å²) >= 11 is 0. The summed E-state index contributed by atoms with van der Waals surface area (Å²) in [7, 11) is 0. The van der Waals surface area contributed by atoms with Crippen molar-refractivity contribution in [1.82, 2.24) is 0 Å². The standard InChI is InChI=1S/C12H16N2O2/c1-8-11(5-6-16-8)14-10-4-2-3-9(7-10)12(13)15/h2-4,7-8,11,14H,5-6H2,1H3,(H2,13,15). The molecular weight excluding hydrogens is 204 g/mol. The Kier molecular flexibility index (Phi) is 3.10. The van der Waals surface area contributed by atoms with Gasteiger partial charge < -0.3 is 15.8 Å². The molecule has 1 fully saturated rings. The average Bonchev–Trinajstić information content (AvgIpc) is 2.65. The lowest BCUT2D eigenvalue weighted by Crippen LogP contribution is -2.26. The third kappa shape index (κ3) is 2.33. The van der Waals surface area contributed by atoms with Crippen LogP contribution in [-0.2, 0) is 4.74 Å². The van der Waals surface area contributed by atoms with E-state index in [4.69, 9.17) is 10.5 Å². The van der Waals surface area contributed by atoms with Gasteiger partial charge in [0.2, 0.25) is 5.91 Å². The number of hydrogen-bond acceptors (Lipinski definition) is 3. The maximum Gasteiger partial charge on any atom is 0.248 e. The van der Waals surface area contributed by atoms with Gasteiger partial charge in [-0.25, -0.2) is 0 Å². The lowest BCUT2D eigenvalue weighted by molar-refractivity contribution is 0.100. The van der Waals surface area contributed by atoms with Gasteiger partial charge in [-0.3, -0.25) is 4.79 Å². The first-order chi connectivity index (χ1) is 7.66. The Bertz CT molecular complexity index is 392. The normalized spacial score (nSPS) is 24.3. The number of amides is 1. The molecule has 1 heterocycles. The van der Waals surface area contributed by atoms with Gasteiger partial charge in [0, 0.05) is 17.9 Å². The van der Waals surface area contributed by atoms with Crippen LogP contribution in [0.1, 0.15) is 23.7 Å². The van der Waals surface area contributed by atoms with Crippen LogP contribution in [0.25, 0.3) is 0 Å². The number of carbonyl (C=O) groups excluding carboxylic acids is 1. The van der Waals surface area contributed by atoms with Crippen molar-refractivity contribution in [3.63, 3.8) is 0 Å². The van der Waals surface area contributed by atoms with Crippen LogP contribution in [0.5, 0.6) is 0 Å². The van der Waals surface area contributed by atoms with Crippen molar-refractivity contribution >= 4 is 11.6 Å². The predicted octanol–water partition coefficient (Wildman–Crippen LogP) is 1.37. The highest BCUT2D eigenvalue weighted by molar-refractivity contribution is 5.93. The number of nitrogens with two attached hydrogens (primary N) is 1. The van der Waals surface area contributed by atoms with Gasteiger partial charge in [0.1, 0.15) is 0 Å². The number of ether oxygens (including phenoxy) is 1. The first-order valence-electron chi connectivity index (χ1n) is 5.45. The van der Waals surface area contributed by atoms with Crippen LogP contribution in [0, 0.1) is 0 Å². The molecule has 4 heteroatoms. The molecule has 16 heavy (non-hydrogen) atoms.